The van der Waals surface area contributed by atoms with Gasteiger partial charge in [0.05, 0.1) is 11.7 Å². The third kappa shape index (κ3) is 4.13. The molecule has 3 nitrogen and oxygen atoms in total. The Bertz CT molecular complexity index is 356. The van der Waals surface area contributed by atoms with Crippen molar-refractivity contribution in [3.05, 3.63) is 18.0 Å². The summed E-state index contributed by atoms with van der Waals surface area (Å²) in [6, 6.07) is 2.86. The normalized spacial score (nSPS) is 17.5. The molecule has 102 valence electrons. The van der Waals surface area contributed by atoms with E-state index in [1.807, 2.05) is 0 Å². The Labute approximate surface area is 111 Å². The number of hydrogen-bond acceptors (Lipinski definition) is 2. The number of aromatic nitrogens is 2. The molecule has 1 fully saturated rings. The molecule has 0 radical (unpaired) electrons. The summed E-state index contributed by atoms with van der Waals surface area (Å²) in [6.45, 7) is 7.70. The van der Waals surface area contributed by atoms with Crippen molar-refractivity contribution in [1.82, 2.24) is 15.1 Å². The molecule has 1 saturated carbocycles. The molecule has 3 heteroatoms. The molecular weight excluding hydrogens is 222 g/mol. The molecule has 0 amide bonds. The van der Waals surface area contributed by atoms with Crippen LogP contribution >= 0.6 is 0 Å². The van der Waals surface area contributed by atoms with Crippen molar-refractivity contribution in [3.63, 3.8) is 0 Å². The molecule has 0 aliphatic heterocycles. The second-order valence-corrected chi connectivity index (χ2v) is 6.51. The highest BCUT2D eigenvalue weighted by molar-refractivity contribution is 5.00. The maximum atomic E-state index is 4.72. The average molecular weight is 249 g/mol. The van der Waals surface area contributed by atoms with Crippen molar-refractivity contribution in [2.75, 3.05) is 6.54 Å². The van der Waals surface area contributed by atoms with E-state index in [0.717, 1.165) is 13.0 Å². The summed E-state index contributed by atoms with van der Waals surface area (Å²) >= 11 is 0. The van der Waals surface area contributed by atoms with Gasteiger partial charge in [0, 0.05) is 11.7 Å². The first kappa shape index (κ1) is 13.6. The first-order valence-corrected chi connectivity index (χ1v) is 7.34. The Morgan fingerprint density at radius 1 is 1.33 bits per heavy atom. The van der Waals surface area contributed by atoms with Crippen LogP contribution < -0.4 is 5.32 Å². The molecule has 1 aromatic heterocycles. The van der Waals surface area contributed by atoms with Gasteiger partial charge in [-0.3, -0.25) is 4.68 Å². The molecule has 18 heavy (non-hydrogen) atoms. The van der Waals surface area contributed by atoms with Gasteiger partial charge in [0.15, 0.2) is 0 Å². The summed E-state index contributed by atoms with van der Waals surface area (Å²) in [6.07, 6.45) is 9.79. The lowest BCUT2D eigenvalue weighted by molar-refractivity contribution is 0.420. The zero-order chi connectivity index (χ0) is 13.0. The first-order valence-electron chi connectivity index (χ1n) is 7.34. The highest BCUT2D eigenvalue weighted by Crippen LogP contribution is 2.28. The lowest BCUT2D eigenvalue weighted by atomic mass is 10.1. The van der Waals surface area contributed by atoms with Crippen LogP contribution in [0, 0.1) is 0 Å². The van der Waals surface area contributed by atoms with Crippen LogP contribution in [0.5, 0.6) is 0 Å². The molecule has 0 atom stereocenters. The van der Waals surface area contributed by atoms with Crippen molar-refractivity contribution in [1.29, 1.82) is 0 Å². The van der Waals surface area contributed by atoms with E-state index in [9.17, 15) is 0 Å². The third-order valence-corrected chi connectivity index (χ3v) is 3.63. The van der Waals surface area contributed by atoms with Gasteiger partial charge in [-0.25, -0.2) is 0 Å². The number of nitrogens with one attached hydrogen (secondary N) is 1. The fourth-order valence-electron chi connectivity index (χ4n) is 2.62. The molecule has 1 aromatic rings. The van der Waals surface area contributed by atoms with Gasteiger partial charge in [-0.2, -0.15) is 5.10 Å². The summed E-state index contributed by atoms with van der Waals surface area (Å²) in [5, 5.41) is 8.23. The predicted octanol–water partition coefficient (Wildman–Crippen LogP) is 3.32. The summed E-state index contributed by atoms with van der Waals surface area (Å²) in [4.78, 5) is 0. The molecule has 1 heterocycles. The first-order chi connectivity index (χ1) is 8.54. The van der Waals surface area contributed by atoms with E-state index in [2.05, 4.69) is 43.0 Å². The molecule has 1 aliphatic rings. The Kier molecular flexibility index (Phi) is 4.44. The average Bonchev–Trinajstić information content (AvgIpc) is 2.93. The molecular formula is C15H27N3. The van der Waals surface area contributed by atoms with Gasteiger partial charge in [-0.15, -0.1) is 0 Å². The Hall–Kier alpha value is -0.830. The largest absolute Gasteiger partial charge is 0.312 e. The van der Waals surface area contributed by atoms with Crippen molar-refractivity contribution >= 4 is 0 Å². The van der Waals surface area contributed by atoms with E-state index >= 15 is 0 Å². The van der Waals surface area contributed by atoms with E-state index in [-0.39, 0.29) is 5.54 Å². The van der Waals surface area contributed by atoms with Gasteiger partial charge in [0.2, 0.25) is 0 Å². The number of aryl methyl sites for hydroxylation is 1. The summed E-state index contributed by atoms with van der Waals surface area (Å²) in [5.74, 6) is 0. The van der Waals surface area contributed by atoms with Gasteiger partial charge < -0.3 is 5.32 Å². The second-order valence-electron chi connectivity index (χ2n) is 6.51. The quantitative estimate of drug-likeness (QED) is 0.811. The van der Waals surface area contributed by atoms with E-state index in [4.69, 9.17) is 5.10 Å². The van der Waals surface area contributed by atoms with Crippen LogP contribution in [0.25, 0.3) is 0 Å². The van der Waals surface area contributed by atoms with Crippen LogP contribution in [0.3, 0.4) is 0 Å². The van der Waals surface area contributed by atoms with Crippen molar-refractivity contribution in [2.24, 2.45) is 0 Å². The summed E-state index contributed by atoms with van der Waals surface area (Å²) < 4.78 is 2.19. The predicted molar refractivity (Wildman–Crippen MR) is 75.8 cm³/mol. The van der Waals surface area contributed by atoms with Crippen LogP contribution in [0.4, 0.5) is 0 Å². The van der Waals surface area contributed by atoms with E-state index in [1.54, 1.807) is 0 Å². The number of nitrogens with zero attached hydrogens (tertiary/aromatic N) is 2. The zero-order valence-corrected chi connectivity index (χ0v) is 12.1. The van der Waals surface area contributed by atoms with Gasteiger partial charge >= 0.3 is 0 Å². The minimum Gasteiger partial charge on any atom is -0.312 e. The lowest BCUT2D eigenvalue weighted by Crippen LogP contribution is -2.36. The number of rotatable bonds is 5. The van der Waals surface area contributed by atoms with Crippen molar-refractivity contribution in [3.8, 4) is 0 Å². The minimum atomic E-state index is 0.225. The Morgan fingerprint density at radius 2 is 2.06 bits per heavy atom. The molecule has 0 saturated heterocycles. The monoisotopic (exact) mass is 249 g/mol. The van der Waals surface area contributed by atoms with Crippen LogP contribution in [0.1, 0.15) is 64.6 Å². The smallest absolute Gasteiger partial charge is 0.0625 e. The van der Waals surface area contributed by atoms with Crippen molar-refractivity contribution in [2.45, 2.75) is 70.9 Å². The standard InChI is InChI=1S/C15H27N3/c1-15(2,3)16-11-6-7-13-10-12-18(17-13)14-8-4-5-9-14/h10,12,14,16H,4-9,11H2,1-3H3. The van der Waals surface area contributed by atoms with E-state index < -0.39 is 0 Å². The van der Waals surface area contributed by atoms with Crippen LogP contribution in [-0.2, 0) is 6.42 Å². The third-order valence-electron chi connectivity index (χ3n) is 3.63. The molecule has 1 N–H and O–H groups in total. The lowest BCUT2D eigenvalue weighted by Gasteiger charge is -2.20. The van der Waals surface area contributed by atoms with Crippen molar-refractivity contribution < 1.29 is 0 Å². The maximum Gasteiger partial charge on any atom is 0.0625 e. The second kappa shape index (κ2) is 5.87. The molecule has 0 spiro atoms. The van der Waals surface area contributed by atoms with Gasteiger partial charge in [-0.1, -0.05) is 12.8 Å². The van der Waals surface area contributed by atoms with Gasteiger partial charge in [0.1, 0.15) is 0 Å². The Balaban J connectivity index is 1.73. The summed E-state index contributed by atoms with van der Waals surface area (Å²) in [5.41, 5.74) is 1.47. The fourth-order valence-corrected chi connectivity index (χ4v) is 2.62. The molecule has 2 rings (SSSR count). The SMILES string of the molecule is CC(C)(C)NCCCc1ccn(C2CCCC2)n1. The molecule has 0 bridgehead atoms. The highest BCUT2D eigenvalue weighted by Gasteiger charge is 2.17. The fraction of sp³-hybridized carbons (Fsp3) is 0.800. The van der Waals surface area contributed by atoms with Crippen LogP contribution in [0.2, 0.25) is 0 Å². The van der Waals surface area contributed by atoms with E-state index in [1.165, 1.54) is 37.8 Å². The topological polar surface area (TPSA) is 29.9 Å². The van der Waals surface area contributed by atoms with Gasteiger partial charge in [0.25, 0.3) is 0 Å². The summed E-state index contributed by atoms with van der Waals surface area (Å²) in [7, 11) is 0. The Morgan fingerprint density at radius 3 is 2.72 bits per heavy atom. The van der Waals surface area contributed by atoms with Crippen LogP contribution in [0.15, 0.2) is 12.3 Å². The number of hydrogen-bond donors (Lipinski definition) is 1. The minimum absolute atomic E-state index is 0.225. The van der Waals surface area contributed by atoms with Crippen LogP contribution in [-0.4, -0.2) is 21.9 Å². The molecule has 1 aliphatic carbocycles. The van der Waals surface area contributed by atoms with Gasteiger partial charge in [-0.05, 0) is 59.1 Å². The van der Waals surface area contributed by atoms with E-state index in [0.29, 0.717) is 6.04 Å². The molecule has 0 aromatic carbocycles. The zero-order valence-electron chi connectivity index (χ0n) is 12.1. The highest BCUT2D eigenvalue weighted by atomic mass is 15.3. The maximum absolute atomic E-state index is 4.72. The molecule has 0 unspecified atom stereocenters.